The molecule has 0 spiro atoms. The molecule has 5 heteroatoms. The van der Waals surface area contributed by atoms with Gasteiger partial charge in [0, 0.05) is 31.6 Å². The van der Waals surface area contributed by atoms with Crippen LogP contribution in [0.4, 0.5) is 0 Å². The van der Waals surface area contributed by atoms with Gasteiger partial charge in [-0.1, -0.05) is 30.3 Å². The summed E-state index contributed by atoms with van der Waals surface area (Å²) in [5.41, 5.74) is 2.85. The molecule has 0 radical (unpaired) electrons. The molecule has 2 aromatic carbocycles. The predicted molar refractivity (Wildman–Crippen MR) is 90.8 cm³/mol. The van der Waals surface area contributed by atoms with Gasteiger partial charge in [-0.05, 0) is 29.3 Å². The first-order chi connectivity index (χ1) is 11.5. The minimum Gasteiger partial charge on any atom is -0.390 e. The molecule has 5 nitrogen and oxygen atoms in total. The van der Waals surface area contributed by atoms with E-state index in [0.29, 0.717) is 17.5 Å². The highest BCUT2D eigenvalue weighted by atomic mass is 16.3. The normalized spacial score (nSPS) is 18.8. The van der Waals surface area contributed by atoms with Gasteiger partial charge in [0.05, 0.1) is 12.1 Å². The van der Waals surface area contributed by atoms with Gasteiger partial charge in [-0.2, -0.15) is 0 Å². The number of aliphatic hydroxyl groups excluding tert-OH is 1. The number of rotatable bonds is 3. The highest BCUT2D eigenvalue weighted by molar-refractivity contribution is 5.99. The minimum atomic E-state index is -0.641. The van der Waals surface area contributed by atoms with Crippen LogP contribution in [0, 0.1) is 0 Å². The Labute approximate surface area is 140 Å². The van der Waals surface area contributed by atoms with Crippen molar-refractivity contribution >= 4 is 11.8 Å². The van der Waals surface area contributed by atoms with Crippen LogP contribution in [0.2, 0.25) is 0 Å². The Balaban J connectivity index is 1.81. The van der Waals surface area contributed by atoms with Crippen LogP contribution in [-0.4, -0.2) is 42.0 Å². The quantitative estimate of drug-likeness (QED) is 0.904. The molecular weight excluding hydrogens is 304 g/mol. The molecular formula is C19H20N2O3. The number of hydrogen-bond donors (Lipinski definition) is 2. The van der Waals surface area contributed by atoms with Crippen LogP contribution in [0.3, 0.4) is 0 Å². The molecule has 0 bridgehead atoms. The molecule has 0 fully saturated rings. The Morgan fingerprint density at radius 3 is 2.54 bits per heavy atom. The van der Waals surface area contributed by atoms with Crippen molar-refractivity contribution in [2.24, 2.45) is 0 Å². The fraction of sp³-hybridized carbons (Fsp3) is 0.263. The third-order valence-electron chi connectivity index (χ3n) is 4.27. The summed E-state index contributed by atoms with van der Waals surface area (Å²) in [6.07, 6.45) is -0.113. The molecule has 1 aliphatic carbocycles. The van der Waals surface area contributed by atoms with Crippen molar-refractivity contribution in [3.8, 4) is 0 Å². The van der Waals surface area contributed by atoms with E-state index in [9.17, 15) is 14.7 Å². The fourth-order valence-electron chi connectivity index (χ4n) is 3.02. The molecule has 2 unspecified atom stereocenters. The van der Waals surface area contributed by atoms with Gasteiger partial charge in [0.15, 0.2) is 0 Å². The van der Waals surface area contributed by atoms with Crippen LogP contribution in [0.5, 0.6) is 0 Å². The average Bonchev–Trinajstić information content (AvgIpc) is 2.90. The van der Waals surface area contributed by atoms with E-state index in [-0.39, 0.29) is 11.8 Å². The maximum atomic E-state index is 12.6. The van der Waals surface area contributed by atoms with E-state index in [0.717, 1.165) is 11.1 Å². The van der Waals surface area contributed by atoms with Crippen LogP contribution < -0.4 is 5.32 Å². The summed E-state index contributed by atoms with van der Waals surface area (Å²) in [4.78, 5) is 26.1. The fourth-order valence-corrected chi connectivity index (χ4v) is 3.02. The van der Waals surface area contributed by atoms with Gasteiger partial charge in [-0.15, -0.1) is 0 Å². The molecule has 124 valence electrons. The topological polar surface area (TPSA) is 69.6 Å². The van der Waals surface area contributed by atoms with E-state index in [4.69, 9.17) is 0 Å². The predicted octanol–water partition coefficient (Wildman–Crippen LogP) is 1.78. The lowest BCUT2D eigenvalue weighted by Gasteiger charge is -2.18. The van der Waals surface area contributed by atoms with Crippen molar-refractivity contribution in [3.05, 3.63) is 70.8 Å². The molecule has 2 amide bonds. The van der Waals surface area contributed by atoms with Crippen molar-refractivity contribution in [1.29, 1.82) is 0 Å². The lowest BCUT2D eigenvalue weighted by molar-refractivity contribution is 0.0827. The number of aliphatic hydroxyl groups is 1. The van der Waals surface area contributed by atoms with Gasteiger partial charge >= 0.3 is 0 Å². The zero-order chi connectivity index (χ0) is 17.3. The molecule has 3 rings (SSSR count). The largest absolute Gasteiger partial charge is 0.390 e. The number of carbonyl (C=O) groups is 2. The van der Waals surface area contributed by atoms with Gasteiger partial charge in [0.1, 0.15) is 0 Å². The Kier molecular flexibility index (Phi) is 4.36. The molecule has 2 N–H and O–H groups in total. The number of fused-ring (bicyclic) bond motifs is 1. The second-order valence-electron chi connectivity index (χ2n) is 6.20. The van der Waals surface area contributed by atoms with Crippen molar-refractivity contribution in [2.75, 3.05) is 14.1 Å². The Bertz CT molecular complexity index is 786. The lowest BCUT2D eigenvalue weighted by atomic mass is 10.1. The highest BCUT2D eigenvalue weighted by Crippen LogP contribution is 2.31. The molecule has 0 saturated heterocycles. The first-order valence-corrected chi connectivity index (χ1v) is 7.86. The van der Waals surface area contributed by atoms with Gasteiger partial charge in [-0.3, -0.25) is 9.59 Å². The average molecular weight is 324 g/mol. The first-order valence-electron chi connectivity index (χ1n) is 7.86. The zero-order valence-corrected chi connectivity index (χ0v) is 13.7. The van der Waals surface area contributed by atoms with Crippen LogP contribution >= 0.6 is 0 Å². The van der Waals surface area contributed by atoms with E-state index in [1.165, 1.54) is 4.90 Å². The monoisotopic (exact) mass is 324 g/mol. The van der Waals surface area contributed by atoms with Crippen molar-refractivity contribution < 1.29 is 14.7 Å². The lowest BCUT2D eigenvalue weighted by Crippen LogP contribution is -2.34. The molecule has 0 aliphatic heterocycles. The summed E-state index contributed by atoms with van der Waals surface area (Å²) in [6, 6.07) is 13.9. The van der Waals surface area contributed by atoms with E-state index in [1.54, 1.807) is 38.4 Å². The van der Waals surface area contributed by atoms with E-state index >= 15 is 0 Å². The summed E-state index contributed by atoms with van der Waals surface area (Å²) in [7, 11) is 3.34. The van der Waals surface area contributed by atoms with Crippen LogP contribution in [0.15, 0.2) is 48.5 Å². The zero-order valence-electron chi connectivity index (χ0n) is 13.7. The van der Waals surface area contributed by atoms with E-state index in [1.807, 2.05) is 24.3 Å². The number of amides is 2. The molecule has 0 saturated carbocycles. The third-order valence-corrected chi connectivity index (χ3v) is 4.27. The number of nitrogens with zero attached hydrogens (tertiary/aromatic N) is 1. The summed E-state index contributed by atoms with van der Waals surface area (Å²) < 4.78 is 0. The summed E-state index contributed by atoms with van der Waals surface area (Å²) in [6.45, 7) is 0. The van der Waals surface area contributed by atoms with Crippen LogP contribution in [-0.2, 0) is 6.42 Å². The summed E-state index contributed by atoms with van der Waals surface area (Å²) in [5.74, 6) is -0.458. The third kappa shape index (κ3) is 3.03. The second kappa shape index (κ2) is 6.45. The minimum absolute atomic E-state index is 0.157. The van der Waals surface area contributed by atoms with Crippen molar-refractivity contribution in [3.63, 3.8) is 0 Å². The Morgan fingerprint density at radius 2 is 1.79 bits per heavy atom. The van der Waals surface area contributed by atoms with Crippen molar-refractivity contribution in [1.82, 2.24) is 10.2 Å². The number of benzene rings is 2. The highest BCUT2D eigenvalue weighted by Gasteiger charge is 2.32. The second-order valence-corrected chi connectivity index (χ2v) is 6.20. The number of nitrogens with one attached hydrogen (secondary N) is 1. The Hall–Kier alpha value is -2.66. The standard InChI is InChI=1S/C19H20N2O3/c1-21(2)19(24)14-8-5-7-13(10-14)18(23)20-17-15-9-4-3-6-12(15)11-16(17)22/h3-10,16-17,22H,11H2,1-2H3,(H,20,23). The number of carbonyl (C=O) groups excluding carboxylic acids is 2. The van der Waals surface area contributed by atoms with Gasteiger partial charge in [-0.25, -0.2) is 0 Å². The van der Waals surface area contributed by atoms with Gasteiger partial charge in [0.2, 0.25) is 0 Å². The number of hydrogen-bond acceptors (Lipinski definition) is 3. The van der Waals surface area contributed by atoms with Gasteiger partial charge < -0.3 is 15.3 Å². The van der Waals surface area contributed by atoms with E-state index in [2.05, 4.69) is 5.32 Å². The maximum Gasteiger partial charge on any atom is 0.253 e. The smallest absolute Gasteiger partial charge is 0.253 e. The van der Waals surface area contributed by atoms with E-state index < -0.39 is 12.1 Å². The molecule has 2 aromatic rings. The Morgan fingerprint density at radius 1 is 1.08 bits per heavy atom. The SMILES string of the molecule is CN(C)C(=O)c1cccc(C(=O)NC2c3ccccc3CC2O)c1. The van der Waals surface area contributed by atoms with Crippen LogP contribution in [0.1, 0.15) is 37.9 Å². The van der Waals surface area contributed by atoms with Crippen LogP contribution in [0.25, 0.3) is 0 Å². The molecule has 0 heterocycles. The molecule has 0 aromatic heterocycles. The van der Waals surface area contributed by atoms with Gasteiger partial charge in [0.25, 0.3) is 11.8 Å². The summed E-state index contributed by atoms with van der Waals surface area (Å²) >= 11 is 0. The summed E-state index contributed by atoms with van der Waals surface area (Å²) in [5, 5.41) is 13.1. The molecule has 24 heavy (non-hydrogen) atoms. The molecule has 1 aliphatic rings. The van der Waals surface area contributed by atoms with Crippen molar-refractivity contribution in [2.45, 2.75) is 18.6 Å². The maximum absolute atomic E-state index is 12.6. The first kappa shape index (κ1) is 16.2. The molecule has 2 atom stereocenters.